The molecule has 0 fully saturated rings. The Morgan fingerprint density at radius 3 is 2.85 bits per heavy atom. The van der Waals surface area contributed by atoms with Gasteiger partial charge in [0.05, 0.1) is 32.0 Å². The third-order valence-corrected chi connectivity index (χ3v) is 5.39. The fourth-order valence-electron chi connectivity index (χ4n) is 3.63. The first-order valence-corrected chi connectivity index (χ1v) is 10.2. The van der Waals surface area contributed by atoms with Crippen molar-refractivity contribution in [1.82, 2.24) is 15.3 Å². The molecule has 0 saturated carbocycles. The number of aromatic nitrogens is 2. The number of thiol groups is 1. The van der Waals surface area contributed by atoms with Gasteiger partial charge in [-0.05, 0) is 36.3 Å². The van der Waals surface area contributed by atoms with Crippen LogP contribution in [0.3, 0.4) is 0 Å². The van der Waals surface area contributed by atoms with Crippen LogP contribution >= 0.6 is 12.6 Å². The second-order valence-electron chi connectivity index (χ2n) is 7.23. The van der Waals surface area contributed by atoms with Gasteiger partial charge in [-0.3, -0.25) is 9.78 Å². The summed E-state index contributed by atoms with van der Waals surface area (Å²) >= 11 is 4.38. The van der Waals surface area contributed by atoms with Gasteiger partial charge in [0.25, 0.3) is 0 Å². The zero-order chi connectivity index (χ0) is 22.0. The summed E-state index contributed by atoms with van der Waals surface area (Å²) < 4.78 is 19.3. The normalized spacial score (nSPS) is 13.3. The molecule has 0 saturated heterocycles. The number of rotatable bonds is 6. The molecule has 0 unspecified atom stereocenters. The Hall–Kier alpha value is -2.31. The van der Waals surface area contributed by atoms with E-state index in [-0.39, 0.29) is 48.9 Å². The topological polar surface area (TPSA) is 98.5 Å². The van der Waals surface area contributed by atoms with Crippen molar-refractivity contribution in [3.8, 4) is 5.75 Å². The molecule has 2 aromatic heterocycles. The summed E-state index contributed by atoms with van der Waals surface area (Å²) in [5.41, 5.74) is 5.54. The van der Waals surface area contributed by atoms with Crippen LogP contribution in [0.15, 0.2) is 53.2 Å². The van der Waals surface area contributed by atoms with Crippen molar-refractivity contribution in [2.75, 3.05) is 7.11 Å². The maximum absolute atomic E-state index is 14.0. The van der Waals surface area contributed by atoms with E-state index in [1.807, 2.05) is 37.3 Å². The fourth-order valence-corrected chi connectivity index (χ4v) is 3.89. The predicted octanol–water partition coefficient (Wildman–Crippen LogP) is 3.86. The van der Waals surface area contributed by atoms with Gasteiger partial charge in [-0.2, -0.15) is 18.7 Å². The van der Waals surface area contributed by atoms with Gasteiger partial charge in [-0.1, -0.05) is 6.08 Å². The number of nitrogens with one attached hydrogen (secondary N) is 2. The molecular formula is C24H23FN3O3SU-. The number of nitrogens with zero attached hydrogens (tertiary/aromatic N) is 1. The number of halogens is 1. The molecule has 6 nitrogen and oxygen atoms in total. The summed E-state index contributed by atoms with van der Waals surface area (Å²) in [6.45, 7) is 2.33. The Kier molecular flexibility index (Phi) is 9.56. The van der Waals surface area contributed by atoms with E-state index in [1.165, 1.54) is 12.3 Å². The van der Waals surface area contributed by atoms with Crippen molar-refractivity contribution in [1.29, 1.82) is 0 Å². The number of aromatic amines is 1. The largest absolute Gasteiger partial charge is 0.523 e. The van der Waals surface area contributed by atoms with E-state index in [4.69, 9.17) is 4.74 Å². The van der Waals surface area contributed by atoms with Gasteiger partial charge in [0.1, 0.15) is 5.82 Å². The summed E-state index contributed by atoms with van der Waals surface area (Å²) in [6.07, 6.45) is 5.07. The van der Waals surface area contributed by atoms with Crippen LogP contribution < -0.4 is 10.1 Å². The monoisotopic (exact) mass is 690 g/mol. The van der Waals surface area contributed by atoms with E-state index in [9.17, 15) is 9.18 Å². The maximum Gasteiger partial charge on any atom is 0.224 e. The summed E-state index contributed by atoms with van der Waals surface area (Å²) in [5.74, 6) is -0.0186. The molecule has 0 atom stereocenters. The average molecular weight is 691 g/mol. The maximum atomic E-state index is 14.0. The molecule has 33 heavy (non-hydrogen) atoms. The molecule has 170 valence electrons. The van der Waals surface area contributed by atoms with E-state index < -0.39 is 5.82 Å². The van der Waals surface area contributed by atoms with Crippen molar-refractivity contribution in [3.05, 3.63) is 82.7 Å². The van der Waals surface area contributed by atoms with E-state index in [2.05, 4.69) is 34.0 Å². The van der Waals surface area contributed by atoms with Crippen molar-refractivity contribution < 1.29 is 50.5 Å². The van der Waals surface area contributed by atoms with Crippen LogP contribution in [0.2, 0.25) is 0 Å². The molecule has 4 rings (SSSR count). The summed E-state index contributed by atoms with van der Waals surface area (Å²) in [7, 11) is 1.57. The van der Waals surface area contributed by atoms with Crippen LogP contribution in [0, 0.1) is 43.0 Å². The number of fused-ring (bicyclic) bond motifs is 1. The molecule has 1 aliphatic rings. The van der Waals surface area contributed by atoms with Crippen LogP contribution in [-0.2, 0) is 11.3 Å². The van der Waals surface area contributed by atoms with Gasteiger partial charge < -0.3 is 20.5 Å². The van der Waals surface area contributed by atoms with Crippen LogP contribution in [0.1, 0.15) is 35.9 Å². The van der Waals surface area contributed by atoms with E-state index >= 15 is 0 Å². The number of ether oxygens (including phenoxy) is 1. The number of carbonyl (C=O) groups is 1. The third-order valence-electron chi connectivity index (χ3n) is 5.15. The number of amides is 1. The van der Waals surface area contributed by atoms with E-state index in [1.54, 1.807) is 13.3 Å². The molecule has 1 aromatic carbocycles. The Bertz CT molecular complexity index is 1210. The Balaban J connectivity index is 0.00000193. The van der Waals surface area contributed by atoms with Gasteiger partial charge in [0.15, 0.2) is 0 Å². The number of hydrogen-bond donors (Lipinski definition) is 3. The molecule has 0 bridgehead atoms. The molecule has 0 aliphatic heterocycles. The molecule has 1 aliphatic carbocycles. The summed E-state index contributed by atoms with van der Waals surface area (Å²) in [4.78, 5) is 20.6. The summed E-state index contributed by atoms with van der Waals surface area (Å²) in [6, 6.07) is 11.9. The molecule has 9 heteroatoms. The minimum Gasteiger partial charge on any atom is -0.523 e. The SMILES string of the molecule is COc1[c-]c(S)cc(/C=C2/C(C)=C(CC(=O)NCc3ccc[nH]3)c3cc(F)cnc32)c1.O.[U]. The number of H-pyrrole nitrogens is 1. The minimum atomic E-state index is -0.439. The molecule has 0 spiro atoms. The van der Waals surface area contributed by atoms with Gasteiger partial charge in [0.2, 0.25) is 5.91 Å². The smallest absolute Gasteiger partial charge is 0.224 e. The zero-order valence-corrected chi connectivity index (χ0v) is 23.2. The van der Waals surface area contributed by atoms with Crippen molar-refractivity contribution >= 4 is 35.8 Å². The number of carbonyl (C=O) groups excluding carboxylic acids is 1. The van der Waals surface area contributed by atoms with E-state index in [0.29, 0.717) is 28.4 Å². The van der Waals surface area contributed by atoms with Crippen molar-refractivity contribution in [2.45, 2.75) is 24.8 Å². The predicted molar refractivity (Wildman–Crippen MR) is 125 cm³/mol. The summed E-state index contributed by atoms with van der Waals surface area (Å²) in [5, 5.41) is 2.90. The zero-order valence-electron chi connectivity index (χ0n) is 18.1. The molecular weight excluding hydrogens is 667 g/mol. The fraction of sp³-hybridized carbons (Fsp3) is 0.167. The quantitative estimate of drug-likeness (QED) is 0.271. The van der Waals surface area contributed by atoms with E-state index in [0.717, 1.165) is 28.0 Å². The second kappa shape index (κ2) is 11.7. The molecule has 1 amide bonds. The molecule has 3 aromatic rings. The first kappa shape index (κ1) is 26.9. The van der Waals surface area contributed by atoms with Crippen LogP contribution in [0.5, 0.6) is 5.75 Å². The first-order chi connectivity index (χ1) is 14.9. The number of pyridine rings is 1. The molecule has 4 N–H and O–H groups in total. The van der Waals surface area contributed by atoms with Crippen molar-refractivity contribution in [2.24, 2.45) is 0 Å². The number of allylic oxidation sites excluding steroid dienone is 2. The first-order valence-electron chi connectivity index (χ1n) is 9.72. The van der Waals surface area contributed by atoms with Crippen LogP contribution in [-0.4, -0.2) is 28.5 Å². The number of hydrogen-bond acceptors (Lipinski definition) is 4. The Morgan fingerprint density at radius 2 is 2.15 bits per heavy atom. The second-order valence-corrected chi connectivity index (χ2v) is 7.71. The van der Waals surface area contributed by atoms with Gasteiger partial charge >= 0.3 is 0 Å². The molecule has 2 heterocycles. The average Bonchev–Trinajstić information content (AvgIpc) is 3.35. The van der Waals surface area contributed by atoms with Gasteiger partial charge in [-0.25, -0.2) is 4.39 Å². The van der Waals surface area contributed by atoms with Crippen molar-refractivity contribution in [3.63, 3.8) is 0 Å². The molecule has 0 radical (unpaired) electrons. The number of methoxy groups -OCH3 is 1. The standard InChI is InChI=1S/C24H21FN3O2S.H2O.U/c1-14-20(11-23(29)27-13-17-4-3-5-26-17)22-9-16(25)12-28-24(22)21(14)8-15-6-18(30-2)10-19(31)7-15;;/h3-9,12,26,31H,11,13H2,1-2H3,(H,27,29);1H2;/q-1;;/b21-8-;;. The van der Waals surface area contributed by atoms with Gasteiger partial charge in [0, 0.05) is 59.9 Å². The Morgan fingerprint density at radius 1 is 1.36 bits per heavy atom. The third kappa shape index (κ3) is 6.18. The van der Waals surface area contributed by atoms with Crippen LogP contribution in [0.25, 0.3) is 17.2 Å². The number of benzene rings is 1. The van der Waals surface area contributed by atoms with Gasteiger partial charge in [-0.15, -0.1) is 22.6 Å². The van der Waals surface area contributed by atoms with Crippen LogP contribution in [0.4, 0.5) is 4.39 Å². The minimum absolute atomic E-state index is 0. The Labute approximate surface area is 220 Å².